The molecule has 0 fully saturated rings. The Morgan fingerprint density at radius 3 is 2.38 bits per heavy atom. The van der Waals surface area contributed by atoms with Gasteiger partial charge in [-0.15, -0.1) is 0 Å². The van der Waals surface area contributed by atoms with Crippen LogP contribution in [0.3, 0.4) is 0 Å². The molecule has 1 rings (SSSR count). The second-order valence-electron chi connectivity index (χ2n) is 3.34. The summed E-state index contributed by atoms with van der Waals surface area (Å²) in [6.45, 7) is -0.642. The fourth-order valence-electron chi connectivity index (χ4n) is 1.43. The van der Waals surface area contributed by atoms with Crippen molar-refractivity contribution >= 4 is 0 Å². The van der Waals surface area contributed by atoms with Crippen molar-refractivity contribution in [1.29, 1.82) is 0 Å². The number of benzene rings is 1. The van der Waals surface area contributed by atoms with Crippen LogP contribution in [0.5, 0.6) is 0 Å². The van der Waals surface area contributed by atoms with Crippen molar-refractivity contribution in [3.8, 4) is 0 Å². The monoisotopic (exact) mass is 237 g/mol. The maximum atomic E-state index is 12.8. The van der Waals surface area contributed by atoms with Gasteiger partial charge in [0, 0.05) is 12.5 Å². The van der Waals surface area contributed by atoms with Gasteiger partial charge in [0.15, 0.2) is 0 Å². The Morgan fingerprint density at radius 1 is 1.31 bits per heavy atom. The molecule has 1 atom stereocenters. The highest BCUT2D eigenvalue weighted by atomic mass is 19.4. The number of aliphatic hydroxyl groups excluding tert-OH is 1. The Bertz CT molecular complexity index is 360. The summed E-state index contributed by atoms with van der Waals surface area (Å²) < 4.78 is 50.5. The van der Waals surface area contributed by atoms with E-state index in [2.05, 4.69) is 0 Å². The maximum absolute atomic E-state index is 12.8. The molecule has 2 nitrogen and oxygen atoms in total. The Labute approximate surface area is 89.7 Å². The zero-order chi connectivity index (χ0) is 12.3. The van der Waals surface area contributed by atoms with E-state index in [1.165, 1.54) is 0 Å². The molecule has 0 spiro atoms. The van der Waals surface area contributed by atoms with E-state index in [0.29, 0.717) is 6.07 Å². The van der Waals surface area contributed by atoms with Crippen molar-refractivity contribution in [1.82, 2.24) is 0 Å². The fraction of sp³-hybridized carbons (Fsp3) is 0.400. The second-order valence-corrected chi connectivity index (χ2v) is 3.34. The Morgan fingerprint density at radius 2 is 1.94 bits per heavy atom. The number of halogens is 4. The molecule has 0 bridgehead atoms. The third kappa shape index (κ3) is 2.70. The van der Waals surface area contributed by atoms with Gasteiger partial charge in [-0.25, -0.2) is 4.39 Å². The first-order valence-corrected chi connectivity index (χ1v) is 4.57. The SMILES string of the molecule is NCC(CO)c1ccc(F)cc1C(F)(F)F. The van der Waals surface area contributed by atoms with E-state index in [1.807, 2.05) is 0 Å². The van der Waals surface area contributed by atoms with E-state index in [1.54, 1.807) is 0 Å². The quantitative estimate of drug-likeness (QED) is 0.788. The van der Waals surface area contributed by atoms with Crippen LogP contribution in [0, 0.1) is 5.82 Å². The Balaban J connectivity index is 3.27. The first-order chi connectivity index (χ1) is 7.40. The van der Waals surface area contributed by atoms with Gasteiger partial charge in [-0.3, -0.25) is 0 Å². The van der Waals surface area contributed by atoms with Crippen LogP contribution in [-0.2, 0) is 6.18 Å². The molecular formula is C10H11F4NO. The summed E-state index contributed by atoms with van der Waals surface area (Å²) in [5.74, 6) is -1.80. The summed E-state index contributed by atoms with van der Waals surface area (Å²) >= 11 is 0. The summed E-state index contributed by atoms with van der Waals surface area (Å²) in [4.78, 5) is 0. The first kappa shape index (κ1) is 12.9. The lowest BCUT2D eigenvalue weighted by Gasteiger charge is -2.18. The fourth-order valence-corrected chi connectivity index (χ4v) is 1.43. The molecule has 6 heteroatoms. The molecule has 0 amide bonds. The van der Waals surface area contributed by atoms with Gasteiger partial charge >= 0.3 is 6.18 Å². The molecule has 0 heterocycles. The summed E-state index contributed by atoms with van der Waals surface area (Å²) in [5.41, 5.74) is 3.98. The van der Waals surface area contributed by atoms with Gasteiger partial charge in [-0.1, -0.05) is 6.07 Å². The van der Waals surface area contributed by atoms with Crippen molar-refractivity contribution in [3.63, 3.8) is 0 Å². The van der Waals surface area contributed by atoms with Crippen LogP contribution in [0.4, 0.5) is 17.6 Å². The van der Waals surface area contributed by atoms with E-state index in [-0.39, 0.29) is 12.1 Å². The van der Waals surface area contributed by atoms with E-state index in [9.17, 15) is 17.6 Å². The van der Waals surface area contributed by atoms with E-state index < -0.39 is 30.1 Å². The first-order valence-electron chi connectivity index (χ1n) is 4.57. The van der Waals surface area contributed by atoms with Crippen molar-refractivity contribution in [3.05, 3.63) is 35.1 Å². The number of rotatable bonds is 3. The van der Waals surface area contributed by atoms with Gasteiger partial charge in [-0.05, 0) is 17.7 Å². The van der Waals surface area contributed by atoms with Crippen LogP contribution < -0.4 is 5.73 Å². The van der Waals surface area contributed by atoms with Crippen molar-refractivity contribution in [2.24, 2.45) is 5.73 Å². The standard InChI is InChI=1S/C10H11F4NO/c11-7-1-2-8(6(4-15)5-16)9(3-7)10(12,13)14/h1-3,6,16H,4-5,15H2. The zero-order valence-electron chi connectivity index (χ0n) is 8.26. The van der Waals surface area contributed by atoms with Crippen molar-refractivity contribution < 1.29 is 22.7 Å². The lowest BCUT2D eigenvalue weighted by Crippen LogP contribution is -2.20. The van der Waals surface area contributed by atoms with Crippen LogP contribution in [0.1, 0.15) is 17.0 Å². The Hall–Kier alpha value is -1.14. The van der Waals surface area contributed by atoms with Crippen LogP contribution in [0.15, 0.2) is 18.2 Å². The molecule has 90 valence electrons. The molecule has 1 aromatic rings. The van der Waals surface area contributed by atoms with Gasteiger partial charge in [0.05, 0.1) is 12.2 Å². The largest absolute Gasteiger partial charge is 0.416 e. The molecule has 0 aliphatic rings. The minimum absolute atomic E-state index is 0.134. The van der Waals surface area contributed by atoms with Gasteiger partial charge < -0.3 is 10.8 Å². The van der Waals surface area contributed by atoms with Crippen LogP contribution in [-0.4, -0.2) is 18.3 Å². The lowest BCUT2D eigenvalue weighted by molar-refractivity contribution is -0.138. The third-order valence-electron chi connectivity index (χ3n) is 2.27. The molecule has 0 saturated carbocycles. The summed E-state index contributed by atoms with van der Waals surface area (Å²) in [6, 6.07) is 2.34. The summed E-state index contributed by atoms with van der Waals surface area (Å²) in [5, 5.41) is 8.90. The van der Waals surface area contributed by atoms with Gasteiger partial charge in [-0.2, -0.15) is 13.2 Å². The van der Waals surface area contributed by atoms with Crippen molar-refractivity contribution in [2.75, 3.05) is 13.2 Å². The Kier molecular flexibility index (Phi) is 3.88. The predicted molar refractivity (Wildman–Crippen MR) is 50.3 cm³/mol. The number of nitrogens with two attached hydrogens (primary N) is 1. The van der Waals surface area contributed by atoms with Crippen molar-refractivity contribution in [2.45, 2.75) is 12.1 Å². The number of hydrogen-bond donors (Lipinski definition) is 2. The average Bonchev–Trinajstić information content (AvgIpc) is 2.20. The number of hydrogen-bond acceptors (Lipinski definition) is 2. The minimum atomic E-state index is -4.65. The van der Waals surface area contributed by atoms with E-state index in [0.717, 1.165) is 12.1 Å². The topological polar surface area (TPSA) is 46.2 Å². The average molecular weight is 237 g/mol. The highest BCUT2D eigenvalue weighted by molar-refractivity contribution is 5.33. The molecule has 0 saturated heterocycles. The molecule has 16 heavy (non-hydrogen) atoms. The van der Waals surface area contributed by atoms with Gasteiger partial charge in [0.1, 0.15) is 5.82 Å². The van der Waals surface area contributed by atoms with Gasteiger partial charge in [0.25, 0.3) is 0 Å². The molecule has 0 radical (unpaired) electrons. The third-order valence-corrected chi connectivity index (χ3v) is 2.27. The summed E-state index contributed by atoms with van der Waals surface area (Å²) in [6.07, 6.45) is -4.65. The maximum Gasteiger partial charge on any atom is 0.416 e. The second kappa shape index (κ2) is 4.80. The van der Waals surface area contributed by atoms with Crippen LogP contribution in [0.2, 0.25) is 0 Å². The number of aliphatic hydroxyl groups is 1. The normalized spacial score (nSPS) is 13.9. The molecule has 1 aromatic carbocycles. The lowest BCUT2D eigenvalue weighted by atomic mass is 9.94. The summed E-state index contributed by atoms with van der Waals surface area (Å²) in [7, 11) is 0. The highest BCUT2D eigenvalue weighted by Crippen LogP contribution is 2.35. The van der Waals surface area contributed by atoms with Gasteiger partial charge in [0.2, 0.25) is 0 Å². The molecule has 0 aliphatic carbocycles. The number of alkyl halides is 3. The highest BCUT2D eigenvalue weighted by Gasteiger charge is 2.35. The van der Waals surface area contributed by atoms with Crippen LogP contribution >= 0.6 is 0 Å². The minimum Gasteiger partial charge on any atom is -0.396 e. The molecular weight excluding hydrogens is 226 g/mol. The van der Waals surface area contributed by atoms with E-state index >= 15 is 0 Å². The molecule has 0 aliphatic heterocycles. The predicted octanol–water partition coefficient (Wildman–Crippen LogP) is 1.88. The van der Waals surface area contributed by atoms with E-state index in [4.69, 9.17) is 10.8 Å². The molecule has 1 unspecified atom stereocenters. The molecule has 3 N–H and O–H groups in total. The smallest absolute Gasteiger partial charge is 0.396 e. The molecule has 0 aromatic heterocycles. The zero-order valence-corrected chi connectivity index (χ0v) is 8.26. The van der Waals surface area contributed by atoms with Crippen LogP contribution in [0.25, 0.3) is 0 Å².